The van der Waals surface area contributed by atoms with Gasteiger partial charge in [0.05, 0.1) is 7.11 Å². The molecule has 0 amide bonds. The van der Waals surface area contributed by atoms with E-state index in [4.69, 9.17) is 10.1 Å². The highest BCUT2D eigenvalue weighted by Gasteiger charge is 2.49. The highest BCUT2D eigenvalue weighted by atomic mass is 127. The van der Waals surface area contributed by atoms with Gasteiger partial charge in [-0.25, -0.2) is 0 Å². The fourth-order valence-corrected chi connectivity index (χ4v) is 5.47. The van der Waals surface area contributed by atoms with Gasteiger partial charge < -0.3 is 37.3 Å². The van der Waals surface area contributed by atoms with Crippen LogP contribution < -0.4 is 22.6 Å². The van der Waals surface area contributed by atoms with Crippen molar-refractivity contribution < 1.29 is 37.2 Å². The smallest absolute Gasteiger partial charge is 0.320 e. The van der Waals surface area contributed by atoms with Gasteiger partial charge in [-0.1, -0.05) is 73.4 Å². The molecule has 6 heteroatoms. The van der Waals surface area contributed by atoms with Gasteiger partial charge in [0.2, 0.25) is 0 Å². The maximum atomic E-state index is 12.0. The average Bonchev–Trinajstić information content (AvgIpc) is 2.96. The van der Waals surface area contributed by atoms with E-state index in [1.165, 1.54) is 7.11 Å². The second-order valence-electron chi connectivity index (χ2n) is 7.36. The standard InChI is InChI=1S/C21H31IN2O3/c1-4-15(5-2)11-12-21(22)17(19(23)27-3)13-18(20(25)26)24(21)14-16-9-7-6-8-10-16/h6-10,15,17-18,23H,4-5,11-14H2,1-3H3,(H,25,26)/q-1/t17-,18?,21?/m0/s1. The molecule has 151 valence electrons. The SMILES string of the molecule is CCC(CC)CCC1([I-])[C@H](C(=N)OC)CC(C(=O)O)N1Cc1ccccc1. The van der Waals surface area contributed by atoms with Gasteiger partial charge in [-0.2, -0.15) is 0 Å². The predicted octanol–water partition coefficient (Wildman–Crippen LogP) is 1.05. The fraction of sp³-hybridized carbons (Fsp3) is 0.619. The zero-order chi connectivity index (χ0) is 20.0. The van der Waals surface area contributed by atoms with E-state index in [0.29, 0.717) is 18.9 Å². The van der Waals surface area contributed by atoms with Crippen molar-refractivity contribution in [3.05, 3.63) is 35.9 Å². The number of hydrogen-bond acceptors (Lipinski definition) is 4. The van der Waals surface area contributed by atoms with Crippen LogP contribution >= 0.6 is 0 Å². The second kappa shape index (κ2) is 9.87. The maximum Gasteiger partial charge on any atom is 0.320 e. The first-order valence-corrected chi connectivity index (χ1v) is 10.8. The molecule has 1 aliphatic heterocycles. The number of halogens is 1. The highest BCUT2D eigenvalue weighted by molar-refractivity contribution is 5.81. The summed E-state index contributed by atoms with van der Waals surface area (Å²) in [6, 6.07) is 9.39. The Bertz CT molecular complexity index is 636. The maximum absolute atomic E-state index is 12.0. The van der Waals surface area contributed by atoms with Crippen molar-refractivity contribution in [3.63, 3.8) is 0 Å². The number of hydrogen-bond donors (Lipinski definition) is 2. The first kappa shape index (κ1) is 22.1. The predicted molar refractivity (Wildman–Crippen MR) is 102 cm³/mol. The first-order valence-electron chi connectivity index (χ1n) is 9.72. The summed E-state index contributed by atoms with van der Waals surface area (Å²) in [5.41, 5.74) is 1.09. The number of carboxylic acid groups (broad SMARTS) is 1. The molecule has 1 saturated heterocycles. The van der Waals surface area contributed by atoms with E-state index in [2.05, 4.69) is 41.3 Å². The average molecular weight is 486 g/mol. The minimum atomic E-state index is -0.819. The van der Waals surface area contributed by atoms with Crippen LogP contribution in [0.4, 0.5) is 0 Å². The lowest BCUT2D eigenvalue weighted by Gasteiger charge is -2.51. The monoisotopic (exact) mass is 486 g/mol. The van der Waals surface area contributed by atoms with E-state index in [1.807, 2.05) is 30.3 Å². The Balaban J connectivity index is 2.37. The number of benzene rings is 1. The van der Waals surface area contributed by atoms with E-state index in [0.717, 1.165) is 31.2 Å². The summed E-state index contributed by atoms with van der Waals surface area (Å²) >= 11 is 2.41. The van der Waals surface area contributed by atoms with Crippen LogP contribution in [0.3, 0.4) is 0 Å². The molecule has 0 aromatic heterocycles. The molecule has 0 bridgehead atoms. The first-order chi connectivity index (χ1) is 12.9. The van der Waals surface area contributed by atoms with Crippen molar-refractivity contribution in [1.82, 2.24) is 4.90 Å². The summed E-state index contributed by atoms with van der Waals surface area (Å²) in [6.07, 6.45) is 4.54. The number of rotatable bonds is 9. The molecule has 0 saturated carbocycles. The van der Waals surface area contributed by atoms with Crippen LogP contribution in [0.5, 0.6) is 0 Å². The van der Waals surface area contributed by atoms with Crippen molar-refractivity contribution in [2.75, 3.05) is 7.11 Å². The van der Waals surface area contributed by atoms with Crippen molar-refractivity contribution in [3.8, 4) is 0 Å². The summed E-state index contributed by atoms with van der Waals surface area (Å²) < 4.78 is 4.84. The number of ether oxygens (including phenoxy) is 1. The van der Waals surface area contributed by atoms with Crippen molar-refractivity contribution >= 4 is 11.9 Å². The number of carbonyl (C=O) groups is 1. The van der Waals surface area contributed by atoms with Gasteiger partial charge in [0.25, 0.3) is 0 Å². The minimum Gasteiger partial charge on any atom is -0.772 e. The quantitative estimate of drug-likeness (QED) is 0.180. The number of alkyl halides is 1. The summed E-state index contributed by atoms with van der Waals surface area (Å²) in [5.74, 6) is -0.226. The largest absolute Gasteiger partial charge is 0.772 e. The van der Waals surface area contributed by atoms with Crippen LogP contribution in [0.15, 0.2) is 30.3 Å². The normalized spacial score (nSPS) is 25.7. The summed E-state index contributed by atoms with van der Waals surface area (Å²) in [6.45, 7) is 4.98. The van der Waals surface area contributed by atoms with Crippen molar-refractivity contribution in [2.24, 2.45) is 11.8 Å². The molecule has 3 atom stereocenters. The Hall–Kier alpha value is -1.15. The Kier molecular flexibility index (Phi) is 8.09. The van der Waals surface area contributed by atoms with Crippen molar-refractivity contribution in [1.29, 1.82) is 5.41 Å². The third kappa shape index (κ3) is 5.02. The Morgan fingerprint density at radius 3 is 2.52 bits per heavy atom. The molecule has 5 nitrogen and oxygen atoms in total. The summed E-state index contributed by atoms with van der Waals surface area (Å²) in [7, 11) is 1.51. The number of nitrogens with zero attached hydrogens (tertiary/aromatic N) is 1. The van der Waals surface area contributed by atoms with Gasteiger partial charge in [0.1, 0.15) is 6.04 Å². The van der Waals surface area contributed by atoms with Gasteiger partial charge in [0, 0.05) is 12.5 Å². The van der Waals surface area contributed by atoms with Crippen LogP contribution in [0.2, 0.25) is 0 Å². The molecule has 2 unspecified atom stereocenters. The van der Waals surface area contributed by atoms with Gasteiger partial charge in [0.15, 0.2) is 5.90 Å². The lowest BCUT2D eigenvalue weighted by atomic mass is 9.89. The molecule has 1 heterocycles. The molecule has 27 heavy (non-hydrogen) atoms. The van der Waals surface area contributed by atoms with E-state index >= 15 is 0 Å². The molecule has 1 radical (unpaired) electrons. The van der Waals surface area contributed by atoms with Crippen molar-refractivity contribution in [2.45, 2.75) is 62.1 Å². The second-order valence-corrected chi connectivity index (χ2v) is 9.23. The molecule has 2 N–H and O–H groups in total. The molecule has 1 aromatic carbocycles. The molecular weight excluding hydrogens is 455 g/mol. The number of carboxylic acids is 1. The fourth-order valence-electron chi connectivity index (χ4n) is 4.12. The number of nitrogens with one attached hydrogen (secondary N) is 1. The topological polar surface area (TPSA) is 73.6 Å². The molecule has 1 aliphatic rings. The molecule has 0 aliphatic carbocycles. The molecule has 1 fully saturated rings. The Morgan fingerprint density at radius 2 is 2.00 bits per heavy atom. The lowest BCUT2D eigenvalue weighted by molar-refractivity contribution is -0.525. The molecule has 2 rings (SSSR count). The Labute approximate surface area is 176 Å². The Morgan fingerprint density at radius 1 is 1.37 bits per heavy atom. The van der Waals surface area contributed by atoms with Crippen LogP contribution in [0.1, 0.15) is 51.5 Å². The molecule has 0 spiro atoms. The molecular formula is C21H31IN2O3-. The number of methoxy groups -OCH3 is 1. The van der Waals surface area contributed by atoms with Gasteiger partial charge >= 0.3 is 5.97 Å². The zero-order valence-corrected chi connectivity index (χ0v) is 18.6. The lowest BCUT2D eigenvalue weighted by Crippen LogP contribution is -3.45. The zero-order valence-electron chi connectivity index (χ0n) is 16.5. The van der Waals surface area contributed by atoms with Gasteiger partial charge in [-0.3, -0.25) is 10.2 Å². The third-order valence-corrected chi connectivity index (χ3v) is 7.83. The van der Waals surface area contributed by atoms with Crippen LogP contribution in [0, 0.1) is 17.2 Å². The number of likely N-dealkylation sites (tertiary alicyclic amines) is 1. The summed E-state index contributed by atoms with van der Waals surface area (Å²) in [5, 5.41) is 18.2. The third-order valence-electron chi connectivity index (χ3n) is 5.92. The van der Waals surface area contributed by atoms with Crippen LogP contribution in [-0.2, 0) is 16.1 Å². The molecule has 1 aromatic rings. The number of aliphatic carboxylic acids is 1. The van der Waals surface area contributed by atoms with Crippen LogP contribution in [0.25, 0.3) is 0 Å². The van der Waals surface area contributed by atoms with Crippen LogP contribution in [-0.4, -0.2) is 38.6 Å². The minimum absolute atomic E-state index is 0.191. The summed E-state index contributed by atoms with van der Waals surface area (Å²) in [4.78, 5) is 14.1. The van der Waals surface area contributed by atoms with E-state index in [1.54, 1.807) is 0 Å². The van der Waals surface area contributed by atoms with E-state index in [9.17, 15) is 9.90 Å². The van der Waals surface area contributed by atoms with Gasteiger partial charge in [-0.05, 0) is 17.9 Å². The van der Waals surface area contributed by atoms with E-state index in [-0.39, 0.29) is 11.8 Å². The van der Waals surface area contributed by atoms with E-state index < -0.39 is 15.6 Å². The van der Waals surface area contributed by atoms with Gasteiger partial charge in [-0.15, -0.1) is 0 Å². The highest BCUT2D eigenvalue weighted by Crippen LogP contribution is 2.39.